The third kappa shape index (κ3) is 1.46. The van der Waals surface area contributed by atoms with E-state index in [0.29, 0.717) is 12.4 Å². The van der Waals surface area contributed by atoms with Crippen LogP contribution in [0.5, 0.6) is 5.75 Å². The maximum Gasteiger partial charge on any atom is 0.413 e. The molecule has 1 fully saturated rings. The standard InChI is InChI=1S/C10H13N3O3/c1-6-9-8(16-10(14)11-6)4-13(12-9)7-2-3-15-5-7/h4,6-7H,2-3,5H2,1H3,(H,11,14). The highest BCUT2D eigenvalue weighted by atomic mass is 16.6. The first-order valence-corrected chi connectivity index (χ1v) is 5.39. The van der Waals surface area contributed by atoms with Gasteiger partial charge in [-0.2, -0.15) is 5.10 Å². The third-order valence-electron chi connectivity index (χ3n) is 2.95. The van der Waals surface area contributed by atoms with Gasteiger partial charge in [-0.3, -0.25) is 4.68 Å². The average molecular weight is 223 g/mol. The van der Waals surface area contributed by atoms with Crippen molar-refractivity contribution in [3.05, 3.63) is 11.9 Å². The van der Waals surface area contributed by atoms with E-state index in [2.05, 4.69) is 10.4 Å². The Labute approximate surface area is 92.5 Å². The van der Waals surface area contributed by atoms with Crippen molar-refractivity contribution in [1.82, 2.24) is 15.1 Å². The quantitative estimate of drug-likeness (QED) is 0.771. The molecule has 0 aliphatic carbocycles. The second-order valence-corrected chi connectivity index (χ2v) is 4.13. The normalized spacial score (nSPS) is 28.4. The molecule has 1 saturated heterocycles. The van der Waals surface area contributed by atoms with Crippen molar-refractivity contribution in [2.24, 2.45) is 0 Å². The molecule has 2 aliphatic heterocycles. The maximum absolute atomic E-state index is 11.2. The summed E-state index contributed by atoms with van der Waals surface area (Å²) in [5.41, 5.74) is 0.784. The Morgan fingerprint density at radius 1 is 1.62 bits per heavy atom. The molecule has 0 saturated carbocycles. The molecular weight excluding hydrogens is 210 g/mol. The first-order valence-electron chi connectivity index (χ1n) is 5.39. The van der Waals surface area contributed by atoms with E-state index < -0.39 is 6.09 Å². The van der Waals surface area contributed by atoms with Gasteiger partial charge >= 0.3 is 6.09 Å². The molecule has 3 rings (SSSR count). The molecule has 2 unspecified atom stereocenters. The molecule has 1 aromatic rings. The Morgan fingerprint density at radius 3 is 3.25 bits per heavy atom. The number of rotatable bonds is 1. The van der Waals surface area contributed by atoms with Crippen molar-refractivity contribution in [2.75, 3.05) is 13.2 Å². The molecule has 1 N–H and O–H groups in total. The molecule has 16 heavy (non-hydrogen) atoms. The largest absolute Gasteiger partial charge is 0.413 e. The summed E-state index contributed by atoms with van der Waals surface area (Å²) in [5, 5.41) is 7.12. The summed E-state index contributed by atoms with van der Waals surface area (Å²) < 4.78 is 12.2. The minimum Gasteiger partial charge on any atom is -0.407 e. The summed E-state index contributed by atoms with van der Waals surface area (Å²) >= 11 is 0. The van der Waals surface area contributed by atoms with Gasteiger partial charge in [-0.1, -0.05) is 0 Å². The van der Waals surface area contributed by atoms with Gasteiger partial charge in [0.2, 0.25) is 0 Å². The second kappa shape index (κ2) is 3.48. The summed E-state index contributed by atoms with van der Waals surface area (Å²) in [4.78, 5) is 11.2. The van der Waals surface area contributed by atoms with E-state index in [0.717, 1.165) is 18.7 Å². The number of nitrogens with one attached hydrogen (secondary N) is 1. The molecule has 0 spiro atoms. The summed E-state index contributed by atoms with van der Waals surface area (Å²) in [6, 6.07) is 0.163. The van der Waals surface area contributed by atoms with Gasteiger partial charge in [0.1, 0.15) is 5.69 Å². The summed E-state index contributed by atoms with van der Waals surface area (Å²) in [6.45, 7) is 3.33. The predicted molar refractivity (Wildman–Crippen MR) is 54.3 cm³/mol. The number of ether oxygens (including phenoxy) is 2. The zero-order valence-electron chi connectivity index (χ0n) is 8.97. The van der Waals surface area contributed by atoms with Gasteiger partial charge in [0, 0.05) is 6.61 Å². The van der Waals surface area contributed by atoms with Crippen molar-refractivity contribution in [1.29, 1.82) is 0 Å². The third-order valence-corrected chi connectivity index (χ3v) is 2.95. The SMILES string of the molecule is CC1NC(=O)Oc2cn(C3CCOC3)nc21. The van der Waals surface area contributed by atoms with E-state index in [4.69, 9.17) is 9.47 Å². The van der Waals surface area contributed by atoms with Gasteiger partial charge in [0.15, 0.2) is 5.75 Å². The number of carbonyl (C=O) groups excluding carboxylic acids is 1. The van der Waals surface area contributed by atoms with E-state index in [1.54, 1.807) is 6.20 Å². The molecule has 3 heterocycles. The molecular formula is C10H13N3O3. The number of hydrogen-bond donors (Lipinski definition) is 1. The summed E-state index contributed by atoms with van der Waals surface area (Å²) in [6.07, 6.45) is 2.32. The fourth-order valence-corrected chi connectivity index (χ4v) is 2.06. The van der Waals surface area contributed by atoms with Crippen LogP contribution in [0.15, 0.2) is 6.20 Å². The van der Waals surface area contributed by atoms with Crippen LogP contribution in [-0.2, 0) is 4.74 Å². The van der Waals surface area contributed by atoms with Crippen LogP contribution in [0, 0.1) is 0 Å². The van der Waals surface area contributed by atoms with Gasteiger partial charge < -0.3 is 14.8 Å². The summed E-state index contributed by atoms with van der Waals surface area (Å²) in [5.74, 6) is 0.558. The van der Waals surface area contributed by atoms with Crippen LogP contribution >= 0.6 is 0 Å². The van der Waals surface area contributed by atoms with Crippen LogP contribution < -0.4 is 10.1 Å². The molecule has 86 valence electrons. The second-order valence-electron chi connectivity index (χ2n) is 4.13. The van der Waals surface area contributed by atoms with E-state index in [-0.39, 0.29) is 12.1 Å². The van der Waals surface area contributed by atoms with Crippen LogP contribution in [0.25, 0.3) is 0 Å². The van der Waals surface area contributed by atoms with Crippen molar-refractivity contribution >= 4 is 6.09 Å². The number of hydrogen-bond acceptors (Lipinski definition) is 4. The van der Waals surface area contributed by atoms with Crippen LogP contribution in [0.1, 0.15) is 31.1 Å². The minimum atomic E-state index is -0.415. The van der Waals surface area contributed by atoms with Gasteiger partial charge in [-0.15, -0.1) is 0 Å². The number of amides is 1. The number of nitrogens with zero attached hydrogens (tertiary/aromatic N) is 2. The molecule has 6 heteroatoms. The van der Waals surface area contributed by atoms with Crippen LogP contribution in [0.4, 0.5) is 4.79 Å². The average Bonchev–Trinajstić information content (AvgIpc) is 2.82. The molecule has 1 amide bonds. The Balaban J connectivity index is 1.93. The highest BCUT2D eigenvalue weighted by molar-refractivity contribution is 5.73. The van der Waals surface area contributed by atoms with Crippen molar-refractivity contribution in [3.63, 3.8) is 0 Å². The lowest BCUT2D eigenvalue weighted by Crippen LogP contribution is -2.34. The highest BCUT2D eigenvalue weighted by Crippen LogP contribution is 2.30. The Bertz CT molecular complexity index is 423. The fraction of sp³-hybridized carbons (Fsp3) is 0.600. The Hall–Kier alpha value is -1.56. The van der Waals surface area contributed by atoms with Gasteiger partial charge in [-0.25, -0.2) is 4.79 Å². The smallest absolute Gasteiger partial charge is 0.407 e. The van der Waals surface area contributed by atoms with Gasteiger partial charge in [0.05, 0.1) is 24.9 Å². The number of carbonyl (C=O) groups is 1. The lowest BCUT2D eigenvalue weighted by molar-refractivity contribution is 0.184. The fourth-order valence-electron chi connectivity index (χ4n) is 2.06. The first-order chi connectivity index (χ1) is 7.74. The van der Waals surface area contributed by atoms with E-state index >= 15 is 0 Å². The Morgan fingerprint density at radius 2 is 2.50 bits per heavy atom. The lowest BCUT2D eigenvalue weighted by Gasteiger charge is -2.17. The van der Waals surface area contributed by atoms with Crippen molar-refractivity contribution < 1.29 is 14.3 Å². The molecule has 2 aliphatic rings. The minimum absolute atomic E-state index is 0.0974. The van der Waals surface area contributed by atoms with Gasteiger partial charge in [-0.05, 0) is 13.3 Å². The first kappa shape index (κ1) is 9.65. The van der Waals surface area contributed by atoms with E-state index in [1.165, 1.54) is 0 Å². The monoisotopic (exact) mass is 223 g/mol. The van der Waals surface area contributed by atoms with Crippen LogP contribution in [-0.4, -0.2) is 29.1 Å². The van der Waals surface area contributed by atoms with Crippen molar-refractivity contribution in [3.8, 4) is 5.75 Å². The summed E-state index contributed by atoms with van der Waals surface area (Å²) in [7, 11) is 0. The molecule has 1 aromatic heterocycles. The van der Waals surface area contributed by atoms with Gasteiger partial charge in [0.25, 0.3) is 0 Å². The highest BCUT2D eigenvalue weighted by Gasteiger charge is 2.28. The predicted octanol–water partition coefficient (Wildman–Crippen LogP) is 1.01. The molecule has 0 bridgehead atoms. The number of fused-ring (bicyclic) bond motifs is 1. The Kier molecular flexibility index (Phi) is 2.10. The van der Waals surface area contributed by atoms with Crippen LogP contribution in [0.3, 0.4) is 0 Å². The zero-order chi connectivity index (χ0) is 11.1. The molecule has 2 atom stereocenters. The topological polar surface area (TPSA) is 65.4 Å². The van der Waals surface area contributed by atoms with Crippen molar-refractivity contribution in [2.45, 2.75) is 25.4 Å². The van der Waals surface area contributed by atoms with Crippen LogP contribution in [0.2, 0.25) is 0 Å². The molecule has 0 aromatic carbocycles. The zero-order valence-corrected chi connectivity index (χ0v) is 8.97. The number of aromatic nitrogens is 2. The van der Waals surface area contributed by atoms with E-state index in [9.17, 15) is 4.79 Å². The van der Waals surface area contributed by atoms with E-state index in [1.807, 2.05) is 11.6 Å². The molecule has 6 nitrogen and oxygen atoms in total. The maximum atomic E-state index is 11.2. The molecule has 0 radical (unpaired) electrons. The lowest BCUT2D eigenvalue weighted by atomic mass is 10.2.